The van der Waals surface area contributed by atoms with E-state index < -0.39 is 0 Å². The monoisotopic (exact) mass is 375 g/mol. The SMILES string of the molecule is O=C(Cn1nc2c(cc1=O)CCCCC2)Nc1nnc([C@@H]2CCCO2)s1. The van der Waals surface area contributed by atoms with E-state index in [1.807, 2.05) is 0 Å². The summed E-state index contributed by atoms with van der Waals surface area (Å²) in [5.74, 6) is -0.330. The Balaban J connectivity index is 1.43. The molecule has 0 saturated carbocycles. The van der Waals surface area contributed by atoms with E-state index in [0.29, 0.717) is 5.13 Å². The fraction of sp³-hybridized carbons (Fsp3) is 0.588. The molecule has 4 rings (SSSR count). The summed E-state index contributed by atoms with van der Waals surface area (Å²) in [7, 11) is 0. The van der Waals surface area contributed by atoms with Gasteiger partial charge in [0.25, 0.3) is 5.56 Å². The molecule has 1 N–H and O–H groups in total. The maximum Gasteiger partial charge on any atom is 0.267 e. The molecule has 1 aliphatic carbocycles. The highest BCUT2D eigenvalue weighted by molar-refractivity contribution is 7.15. The molecule has 1 fully saturated rings. The fourth-order valence-electron chi connectivity index (χ4n) is 3.37. The maximum absolute atomic E-state index is 12.3. The van der Waals surface area contributed by atoms with Gasteiger partial charge in [-0.1, -0.05) is 17.8 Å². The van der Waals surface area contributed by atoms with Crippen LogP contribution in [0.2, 0.25) is 0 Å². The summed E-state index contributed by atoms with van der Waals surface area (Å²) in [6.45, 7) is 0.611. The van der Waals surface area contributed by atoms with Gasteiger partial charge in [-0.2, -0.15) is 5.10 Å². The van der Waals surface area contributed by atoms with Crippen molar-refractivity contribution in [3.63, 3.8) is 0 Å². The van der Waals surface area contributed by atoms with E-state index >= 15 is 0 Å². The number of anilines is 1. The molecule has 0 unspecified atom stereocenters. The fourth-order valence-corrected chi connectivity index (χ4v) is 4.22. The molecule has 8 nitrogen and oxygen atoms in total. The van der Waals surface area contributed by atoms with E-state index in [2.05, 4.69) is 20.6 Å². The van der Waals surface area contributed by atoms with Crippen molar-refractivity contribution in [2.45, 2.75) is 57.6 Å². The van der Waals surface area contributed by atoms with Crippen molar-refractivity contribution in [3.05, 3.63) is 32.7 Å². The second-order valence-electron chi connectivity index (χ2n) is 6.67. The van der Waals surface area contributed by atoms with Crippen LogP contribution in [-0.2, 0) is 28.9 Å². The Hall–Kier alpha value is -2.13. The molecule has 3 heterocycles. The molecule has 0 aromatic carbocycles. The highest BCUT2D eigenvalue weighted by atomic mass is 32.1. The maximum atomic E-state index is 12.3. The molecule has 1 amide bonds. The number of aryl methyl sites for hydroxylation is 2. The molecule has 1 atom stereocenters. The van der Waals surface area contributed by atoms with Gasteiger partial charge in [-0.3, -0.25) is 14.9 Å². The van der Waals surface area contributed by atoms with Crippen LogP contribution in [0.4, 0.5) is 5.13 Å². The first kappa shape index (κ1) is 17.3. The minimum atomic E-state index is -0.330. The highest BCUT2D eigenvalue weighted by Gasteiger charge is 2.22. The van der Waals surface area contributed by atoms with Crippen LogP contribution in [0.5, 0.6) is 0 Å². The molecule has 2 aromatic rings. The normalized spacial score (nSPS) is 19.8. The van der Waals surface area contributed by atoms with E-state index in [1.165, 1.54) is 16.0 Å². The Morgan fingerprint density at radius 1 is 1.27 bits per heavy atom. The molecule has 1 saturated heterocycles. The minimum absolute atomic E-state index is 0.0213. The third-order valence-electron chi connectivity index (χ3n) is 4.71. The first-order valence-corrected chi connectivity index (χ1v) is 9.85. The predicted molar refractivity (Wildman–Crippen MR) is 96.2 cm³/mol. The van der Waals surface area contributed by atoms with Crippen molar-refractivity contribution in [1.29, 1.82) is 0 Å². The van der Waals surface area contributed by atoms with Crippen LogP contribution in [0.3, 0.4) is 0 Å². The van der Waals surface area contributed by atoms with E-state index in [-0.39, 0.29) is 24.1 Å². The predicted octanol–water partition coefficient (Wildman–Crippen LogP) is 1.85. The van der Waals surface area contributed by atoms with Gasteiger partial charge in [-0.25, -0.2) is 4.68 Å². The van der Waals surface area contributed by atoms with Gasteiger partial charge < -0.3 is 4.74 Å². The number of nitrogens with zero attached hydrogens (tertiary/aromatic N) is 4. The van der Waals surface area contributed by atoms with Crippen molar-refractivity contribution in [1.82, 2.24) is 20.0 Å². The van der Waals surface area contributed by atoms with Crippen molar-refractivity contribution in [2.75, 3.05) is 11.9 Å². The van der Waals surface area contributed by atoms with E-state index in [4.69, 9.17) is 4.74 Å². The van der Waals surface area contributed by atoms with Gasteiger partial charge in [-0.05, 0) is 44.1 Å². The summed E-state index contributed by atoms with van der Waals surface area (Å²) in [6, 6.07) is 1.63. The number of amides is 1. The molecule has 2 aliphatic rings. The summed E-state index contributed by atoms with van der Waals surface area (Å²) in [5.41, 5.74) is 1.72. The quantitative estimate of drug-likeness (QED) is 0.819. The Kier molecular flexibility index (Phi) is 5.07. The van der Waals surface area contributed by atoms with E-state index in [0.717, 1.165) is 67.8 Å². The smallest absolute Gasteiger partial charge is 0.267 e. The second kappa shape index (κ2) is 7.63. The molecular formula is C17H21N5O3S. The molecule has 0 spiro atoms. The molecule has 0 radical (unpaired) electrons. The Morgan fingerprint density at radius 3 is 3.00 bits per heavy atom. The standard InChI is InChI=1S/C17H21N5O3S/c23-14(18-17-20-19-16(26-17)13-7-4-8-25-13)10-22-15(24)9-11-5-2-1-3-6-12(11)21-22/h9,13H,1-8,10H2,(H,18,20,23)/t13-/m0/s1. The number of carbonyl (C=O) groups excluding carboxylic acids is 1. The molecule has 1 aliphatic heterocycles. The summed E-state index contributed by atoms with van der Waals surface area (Å²) < 4.78 is 6.81. The number of hydrogen-bond acceptors (Lipinski definition) is 7. The first-order valence-electron chi connectivity index (χ1n) is 9.04. The van der Waals surface area contributed by atoms with Crippen molar-refractivity contribution >= 4 is 22.4 Å². The van der Waals surface area contributed by atoms with Gasteiger partial charge >= 0.3 is 0 Å². The Labute approximate surface area is 154 Å². The number of fused-ring (bicyclic) bond motifs is 1. The lowest BCUT2D eigenvalue weighted by atomic mass is 10.1. The van der Waals surface area contributed by atoms with Crippen LogP contribution in [0.1, 0.15) is 54.5 Å². The third kappa shape index (κ3) is 3.83. The molecule has 0 bridgehead atoms. The summed E-state index contributed by atoms with van der Waals surface area (Å²) >= 11 is 1.31. The van der Waals surface area contributed by atoms with Crippen LogP contribution in [-0.4, -0.2) is 32.5 Å². The third-order valence-corrected chi connectivity index (χ3v) is 5.64. The lowest BCUT2D eigenvalue weighted by Gasteiger charge is -2.09. The number of aromatic nitrogens is 4. The average Bonchev–Trinajstić information content (AvgIpc) is 3.25. The van der Waals surface area contributed by atoms with Gasteiger partial charge in [0.2, 0.25) is 11.0 Å². The minimum Gasteiger partial charge on any atom is -0.371 e. The summed E-state index contributed by atoms with van der Waals surface area (Å²) in [4.78, 5) is 24.5. The molecular weight excluding hydrogens is 354 g/mol. The summed E-state index contributed by atoms with van der Waals surface area (Å²) in [5, 5.41) is 16.4. The van der Waals surface area contributed by atoms with Crippen LogP contribution < -0.4 is 10.9 Å². The van der Waals surface area contributed by atoms with Crippen LogP contribution in [0.15, 0.2) is 10.9 Å². The Bertz CT molecular complexity index is 856. The van der Waals surface area contributed by atoms with Gasteiger partial charge in [0.1, 0.15) is 17.7 Å². The molecule has 138 valence electrons. The number of ether oxygens (including phenoxy) is 1. The zero-order chi connectivity index (χ0) is 17.9. The van der Waals surface area contributed by atoms with Crippen LogP contribution >= 0.6 is 11.3 Å². The lowest BCUT2D eigenvalue weighted by molar-refractivity contribution is -0.117. The van der Waals surface area contributed by atoms with Crippen LogP contribution in [0.25, 0.3) is 0 Å². The molecule has 9 heteroatoms. The number of nitrogens with one attached hydrogen (secondary N) is 1. The van der Waals surface area contributed by atoms with Crippen molar-refractivity contribution in [2.24, 2.45) is 0 Å². The van der Waals surface area contributed by atoms with Gasteiger partial charge in [0, 0.05) is 12.7 Å². The highest BCUT2D eigenvalue weighted by Crippen LogP contribution is 2.31. The number of rotatable bonds is 4. The van der Waals surface area contributed by atoms with E-state index in [1.54, 1.807) is 6.07 Å². The van der Waals surface area contributed by atoms with Crippen molar-refractivity contribution in [3.8, 4) is 0 Å². The zero-order valence-corrected chi connectivity index (χ0v) is 15.3. The van der Waals surface area contributed by atoms with Gasteiger partial charge in [0.05, 0.1) is 5.69 Å². The summed E-state index contributed by atoms with van der Waals surface area (Å²) in [6.07, 6.45) is 6.97. The number of carbonyl (C=O) groups is 1. The molecule has 26 heavy (non-hydrogen) atoms. The second-order valence-corrected chi connectivity index (χ2v) is 7.68. The average molecular weight is 375 g/mol. The lowest BCUT2D eigenvalue weighted by Crippen LogP contribution is -2.30. The largest absolute Gasteiger partial charge is 0.371 e. The van der Waals surface area contributed by atoms with E-state index in [9.17, 15) is 9.59 Å². The first-order chi connectivity index (χ1) is 12.7. The number of hydrogen-bond donors (Lipinski definition) is 1. The van der Waals surface area contributed by atoms with Crippen LogP contribution in [0, 0.1) is 0 Å². The van der Waals surface area contributed by atoms with Gasteiger partial charge in [-0.15, -0.1) is 10.2 Å². The van der Waals surface area contributed by atoms with Crippen molar-refractivity contribution < 1.29 is 9.53 Å². The van der Waals surface area contributed by atoms with Gasteiger partial charge in [0.15, 0.2) is 0 Å². The topological polar surface area (TPSA) is 99.0 Å². The Morgan fingerprint density at radius 2 is 2.15 bits per heavy atom. The molecule has 2 aromatic heterocycles. The zero-order valence-electron chi connectivity index (χ0n) is 14.4.